The maximum Gasteiger partial charge on any atom is 0.123 e. The van der Waals surface area contributed by atoms with Crippen molar-refractivity contribution >= 4 is 0 Å². The highest BCUT2D eigenvalue weighted by Crippen LogP contribution is 2.28. The monoisotopic (exact) mass is 191 g/mol. The second-order valence-electron chi connectivity index (χ2n) is 3.78. The maximum absolute atomic E-state index is 9.77. The third kappa shape index (κ3) is 2.36. The van der Waals surface area contributed by atoms with Crippen LogP contribution >= 0.6 is 0 Å². The van der Waals surface area contributed by atoms with Gasteiger partial charge >= 0.3 is 0 Å². The minimum Gasteiger partial charge on any atom is -0.507 e. The molecule has 1 aromatic rings. The van der Waals surface area contributed by atoms with Crippen LogP contribution in [0.15, 0.2) is 30.4 Å². The largest absolute Gasteiger partial charge is 0.507 e. The van der Waals surface area contributed by atoms with Crippen molar-refractivity contribution in [2.45, 2.75) is 26.3 Å². The zero-order chi connectivity index (χ0) is 10.7. The third-order valence-corrected chi connectivity index (χ3v) is 2.24. The van der Waals surface area contributed by atoms with Gasteiger partial charge in [0.2, 0.25) is 0 Å². The van der Waals surface area contributed by atoms with Crippen molar-refractivity contribution in [2.75, 3.05) is 0 Å². The quantitative estimate of drug-likeness (QED) is 0.721. The fourth-order valence-electron chi connectivity index (χ4n) is 1.47. The molecule has 0 aliphatic rings. The molecule has 2 heteroatoms. The number of benzene rings is 1. The van der Waals surface area contributed by atoms with Crippen LogP contribution in [0.25, 0.3) is 0 Å². The van der Waals surface area contributed by atoms with Crippen LogP contribution in [0, 0.1) is 6.92 Å². The normalized spacial score (nSPS) is 12.5. The highest BCUT2D eigenvalue weighted by Gasteiger charge is 2.11. The fourth-order valence-corrected chi connectivity index (χ4v) is 1.47. The molecule has 0 saturated heterocycles. The minimum atomic E-state index is -0.160. The van der Waals surface area contributed by atoms with Gasteiger partial charge in [0, 0.05) is 11.6 Å². The Hall–Kier alpha value is -1.28. The molecule has 0 fully saturated rings. The van der Waals surface area contributed by atoms with E-state index in [4.69, 9.17) is 5.73 Å². The van der Waals surface area contributed by atoms with Gasteiger partial charge in [-0.15, -0.1) is 6.58 Å². The van der Waals surface area contributed by atoms with Gasteiger partial charge in [-0.05, 0) is 25.8 Å². The zero-order valence-corrected chi connectivity index (χ0v) is 8.75. The predicted molar refractivity (Wildman–Crippen MR) is 59.2 cm³/mol. The molecule has 0 unspecified atom stereocenters. The van der Waals surface area contributed by atoms with Gasteiger partial charge in [-0.25, -0.2) is 0 Å². The van der Waals surface area contributed by atoms with E-state index in [0.29, 0.717) is 12.2 Å². The van der Waals surface area contributed by atoms with Gasteiger partial charge in [-0.2, -0.15) is 0 Å². The molecule has 0 aliphatic heterocycles. The smallest absolute Gasteiger partial charge is 0.123 e. The average Bonchev–Trinajstić information content (AvgIpc) is 2.08. The Morgan fingerprint density at radius 2 is 2.21 bits per heavy atom. The van der Waals surface area contributed by atoms with Crippen molar-refractivity contribution < 1.29 is 5.11 Å². The van der Waals surface area contributed by atoms with Crippen molar-refractivity contribution in [1.82, 2.24) is 0 Å². The summed E-state index contributed by atoms with van der Waals surface area (Å²) in [6.45, 7) is 7.62. The van der Waals surface area contributed by atoms with Crippen molar-refractivity contribution in [2.24, 2.45) is 5.73 Å². The molecule has 0 spiro atoms. The van der Waals surface area contributed by atoms with E-state index in [1.807, 2.05) is 32.0 Å². The van der Waals surface area contributed by atoms with Crippen molar-refractivity contribution in [1.29, 1.82) is 0 Å². The highest BCUT2D eigenvalue weighted by atomic mass is 16.3. The molecule has 1 atom stereocenters. The van der Waals surface area contributed by atoms with E-state index in [-0.39, 0.29) is 6.04 Å². The van der Waals surface area contributed by atoms with Crippen LogP contribution in [-0.4, -0.2) is 5.11 Å². The Bertz CT molecular complexity index is 344. The lowest BCUT2D eigenvalue weighted by molar-refractivity contribution is 0.457. The van der Waals surface area contributed by atoms with Crippen LogP contribution in [0.4, 0.5) is 0 Å². The molecule has 0 amide bonds. The number of para-hydroxylation sites is 1. The number of aromatic hydroxyl groups is 1. The lowest BCUT2D eigenvalue weighted by Crippen LogP contribution is -2.10. The zero-order valence-electron chi connectivity index (χ0n) is 8.75. The summed E-state index contributed by atoms with van der Waals surface area (Å²) < 4.78 is 0. The molecule has 1 aromatic carbocycles. The van der Waals surface area contributed by atoms with Crippen molar-refractivity contribution in [3.8, 4) is 5.75 Å². The molecule has 3 N–H and O–H groups in total. The number of hydrogen-bond acceptors (Lipinski definition) is 2. The Morgan fingerprint density at radius 1 is 1.57 bits per heavy atom. The molecule has 0 bridgehead atoms. The Labute approximate surface area is 85.1 Å². The first kappa shape index (κ1) is 10.8. The number of phenols is 1. The summed E-state index contributed by atoms with van der Waals surface area (Å²) in [5.74, 6) is 0.307. The van der Waals surface area contributed by atoms with Gasteiger partial charge in [-0.3, -0.25) is 0 Å². The maximum atomic E-state index is 9.77. The van der Waals surface area contributed by atoms with Gasteiger partial charge in [0.1, 0.15) is 5.75 Å². The summed E-state index contributed by atoms with van der Waals surface area (Å²) in [4.78, 5) is 0. The molecular weight excluding hydrogens is 174 g/mol. The second-order valence-corrected chi connectivity index (χ2v) is 3.78. The molecular formula is C12H17NO. The van der Waals surface area contributed by atoms with Crippen LogP contribution < -0.4 is 5.73 Å². The van der Waals surface area contributed by atoms with E-state index in [0.717, 1.165) is 16.7 Å². The Kier molecular flexibility index (Phi) is 3.31. The molecule has 14 heavy (non-hydrogen) atoms. The van der Waals surface area contributed by atoms with E-state index >= 15 is 0 Å². The number of rotatable bonds is 3. The SMILES string of the molecule is C=C(C)C[C@@H](N)c1cccc(C)c1O. The average molecular weight is 191 g/mol. The first-order valence-electron chi connectivity index (χ1n) is 4.70. The van der Waals surface area contributed by atoms with E-state index in [1.54, 1.807) is 0 Å². The fraction of sp³-hybridized carbons (Fsp3) is 0.333. The molecule has 0 saturated carbocycles. The topological polar surface area (TPSA) is 46.2 Å². The minimum absolute atomic E-state index is 0.160. The molecule has 1 rings (SSSR count). The van der Waals surface area contributed by atoms with Crippen LogP contribution in [-0.2, 0) is 0 Å². The Morgan fingerprint density at radius 3 is 2.79 bits per heavy atom. The number of aryl methyl sites for hydroxylation is 1. The third-order valence-electron chi connectivity index (χ3n) is 2.24. The summed E-state index contributed by atoms with van der Waals surface area (Å²) in [5, 5.41) is 9.77. The van der Waals surface area contributed by atoms with Crippen LogP contribution in [0.5, 0.6) is 5.75 Å². The predicted octanol–water partition coefficient (Wildman–Crippen LogP) is 2.67. The van der Waals surface area contributed by atoms with E-state index in [2.05, 4.69) is 6.58 Å². The molecule has 0 aromatic heterocycles. The van der Waals surface area contributed by atoms with Gasteiger partial charge in [-0.1, -0.05) is 23.8 Å². The lowest BCUT2D eigenvalue weighted by Gasteiger charge is -2.14. The molecule has 0 aliphatic carbocycles. The second kappa shape index (κ2) is 4.29. The van der Waals surface area contributed by atoms with Gasteiger partial charge < -0.3 is 10.8 Å². The number of hydrogen-bond donors (Lipinski definition) is 2. The van der Waals surface area contributed by atoms with Crippen LogP contribution in [0.1, 0.15) is 30.5 Å². The molecule has 76 valence electrons. The summed E-state index contributed by atoms with van der Waals surface area (Å²) in [5.41, 5.74) is 8.63. The summed E-state index contributed by atoms with van der Waals surface area (Å²) in [6.07, 6.45) is 0.705. The summed E-state index contributed by atoms with van der Waals surface area (Å²) in [6, 6.07) is 5.47. The van der Waals surface area contributed by atoms with E-state index < -0.39 is 0 Å². The van der Waals surface area contributed by atoms with Crippen LogP contribution in [0.2, 0.25) is 0 Å². The molecule has 0 heterocycles. The summed E-state index contributed by atoms with van der Waals surface area (Å²) in [7, 11) is 0. The first-order valence-corrected chi connectivity index (χ1v) is 4.70. The lowest BCUT2D eigenvalue weighted by atomic mass is 9.98. The number of phenolic OH excluding ortho intramolecular Hbond substituents is 1. The van der Waals surface area contributed by atoms with Crippen molar-refractivity contribution in [3.05, 3.63) is 41.5 Å². The molecule has 2 nitrogen and oxygen atoms in total. The van der Waals surface area contributed by atoms with Gasteiger partial charge in [0.15, 0.2) is 0 Å². The molecule has 0 radical (unpaired) electrons. The number of nitrogens with two attached hydrogens (primary N) is 1. The highest BCUT2D eigenvalue weighted by molar-refractivity contribution is 5.41. The van der Waals surface area contributed by atoms with E-state index in [1.165, 1.54) is 0 Å². The summed E-state index contributed by atoms with van der Waals surface area (Å²) >= 11 is 0. The van der Waals surface area contributed by atoms with Gasteiger partial charge in [0.25, 0.3) is 0 Å². The van der Waals surface area contributed by atoms with Crippen molar-refractivity contribution in [3.63, 3.8) is 0 Å². The first-order chi connectivity index (χ1) is 6.52. The standard InChI is InChI=1S/C12H17NO/c1-8(2)7-11(13)10-6-4-5-9(3)12(10)14/h4-6,11,14H,1,7,13H2,2-3H3/t11-/m1/s1. The Balaban J connectivity index is 2.95. The van der Waals surface area contributed by atoms with Crippen LogP contribution in [0.3, 0.4) is 0 Å². The van der Waals surface area contributed by atoms with Gasteiger partial charge in [0.05, 0.1) is 0 Å². The van der Waals surface area contributed by atoms with E-state index in [9.17, 15) is 5.11 Å².